The number of rotatable bonds is 4. The Morgan fingerprint density at radius 1 is 1.50 bits per heavy atom. The summed E-state index contributed by atoms with van der Waals surface area (Å²) in [6.45, 7) is 5.61. The van der Waals surface area contributed by atoms with Gasteiger partial charge in [-0.25, -0.2) is 0 Å². The lowest BCUT2D eigenvalue weighted by atomic mass is 9.95. The summed E-state index contributed by atoms with van der Waals surface area (Å²) in [6, 6.07) is 6.25. The van der Waals surface area contributed by atoms with Crippen LogP contribution in [0.2, 0.25) is 0 Å². The summed E-state index contributed by atoms with van der Waals surface area (Å²) < 4.78 is 0. The SMILES string of the molecule is CCCC(C)C1CCCN1c1ccc(C#N)nn1. The van der Waals surface area contributed by atoms with Crippen molar-refractivity contribution in [2.24, 2.45) is 5.92 Å². The molecular weight excluding hydrogens is 224 g/mol. The van der Waals surface area contributed by atoms with Gasteiger partial charge in [0.25, 0.3) is 0 Å². The van der Waals surface area contributed by atoms with Crippen molar-refractivity contribution < 1.29 is 0 Å². The van der Waals surface area contributed by atoms with Gasteiger partial charge in [0, 0.05) is 12.6 Å². The minimum Gasteiger partial charge on any atom is -0.352 e. The second-order valence-electron chi connectivity index (χ2n) is 5.06. The van der Waals surface area contributed by atoms with Crippen molar-refractivity contribution in [1.29, 1.82) is 5.26 Å². The van der Waals surface area contributed by atoms with Gasteiger partial charge in [0.05, 0.1) is 0 Å². The van der Waals surface area contributed by atoms with E-state index in [0.29, 0.717) is 17.7 Å². The molecule has 0 radical (unpaired) electrons. The van der Waals surface area contributed by atoms with Crippen LogP contribution in [0.3, 0.4) is 0 Å². The van der Waals surface area contributed by atoms with Crippen LogP contribution in [0.5, 0.6) is 0 Å². The first-order valence-corrected chi connectivity index (χ1v) is 6.76. The van der Waals surface area contributed by atoms with E-state index in [1.54, 1.807) is 6.07 Å². The van der Waals surface area contributed by atoms with Crippen LogP contribution in [0.4, 0.5) is 5.82 Å². The Kier molecular flexibility index (Phi) is 4.14. The Labute approximate surface area is 109 Å². The van der Waals surface area contributed by atoms with Gasteiger partial charge in [-0.2, -0.15) is 5.26 Å². The van der Waals surface area contributed by atoms with E-state index in [4.69, 9.17) is 5.26 Å². The topological polar surface area (TPSA) is 52.8 Å². The second kappa shape index (κ2) is 5.81. The molecule has 96 valence electrons. The largest absolute Gasteiger partial charge is 0.352 e. The van der Waals surface area contributed by atoms with Crippen molar-refractivity contribution in [3.05, 3.63) is 17.8 Å². The number of nitrogens with zero attached hydrogens (tertiary/aromatic N) is 4. The molecule has 2 rings (SSSR count). The van der Waals surface area contributed by atoms with Gasteiger partial charge < -0.3 is 4.90 Å². The van der Waals surface area contributed by atoms with Crippen LogP contribution in [0.25, 0.3) is 0 Å². The second-order valence-corrected chi connectivity index (χ2v) is 5.06. The summed E-state index contributed by atoms with van der Waals surface area (Å²) in [5.41, 5.74) is 0.385. The van der Waals surface area contributed by atoms with Gasteiger partial charge in [-0.15, -0.1) is 10.2 Å². The summed E-state index contributed by atoms with van der Waals surface area (Å²) in [5.74, 6) is 1.61. The van der Waals surface area contributed by atoms with Gasteiger partial charge in [-0.1, -0.05) is 20.3 Å². The molecule has 1 aromatic rings. The van der Waals surface area contributed by atoms with Crippen LogP contribution in [0.15, 0.2) is 12.1 Å². The summed E-state index contributed by atoms with van der Waals surface area (Å²) >= 11 is 0. The number of hydrogen-bond acceptors (Lipinski definition) is 4. The maximum absolute atomic E-state index is 8.74. The first-order chi connectivity index (χ1) is 8.76. The van der Waals surface area contributed by atoms with Crippen LogP contribution >= 0.6 is 0 Å². The monoisotopic (exact) mass is 244 g/mol. The molecule has 1 aliphatic rings. The molecule has 4 nitrogen and oxygen atoms in total. The predicted molar refractivity (Wildman–Crippen MR) is 71.2 cm³/mol. The standard InChI is InChI=1S/C14H20N4/c1-3-5-11(2)13-6-4-9-18(13)14-8-7-12(10-15)16-17-14/h7-8,11,13H,3-6,9H2,1-2H3. The highest BCUT2D eigenvalue weighted by Crippen LogP contribution is 2.30. The average Bonchev–Trinajstić information content (AvgIpc) is 2.88. The van der Waals surface area contributed by atoms with Crippen molar-refractivity contribution in [1.82, 2.24) is 10.2 Å². The molecule has 1 aliphatic heterocycles. The number of aromatic nitrogens is 2. The first-order valence-electron chi connectivity index (χ1n) is 6.76. The third-order valence-electron chi connectivity index (χ3n) is 3.76. The van der Waals surface area contributed by atoms with Gasteiger partial charge in [-0.05, 0) is 37.3 Å². The minimum atomic E-state index is 0.385. The molecule has 1 saturated heterocycles. The van der Waals surface area contributed by atoms with Crippen molar-refractivity contribution in [3.8, 4) is 6.07 Å². The molecule has 0 aliphatic carbocycles. The molecule has 1 fully saturated rings. The Hall–Kier alpha value is -1.63. The maximum Gasteiger partial charge on any atom is 0.163 e. The zero-order valence-corrected chi connectivity index (χ0v) is 11.1. The lowest BCUT2D eigenvalue weighted by molar-refractivity contribution is 0.419. The Balaban J connectivity index is 2.13. The van der Waals surface area contributed by atoms with Crippen molar-refractivity contribution in [2.45, 2.75) is 45.6 Å². The van der Waals surface area contributed by atoms with E-state index in [2.05, 4.69) is 28.9 Å². The van der Waals surface area contributed by atoms with Crippen LogP contribution in [0, 0.1) is 17.2 Å². The van der Waals surface area contributed by atoms with Crippen molar-refractivity contribution in [2.75, 3.05) is 11.4 Å². The van der Waals surface area contributed by atoms with E-state index in [9.17, 15) is 0 Å². The molecule has 1 aromatic heterocycles. The van der Waals surface area contributed by atoms with E-state index in [1.165, 1.54) is 25.7 Å². The third kappa shape index (κ3) is 2.61. The highest BCUT2D eigenvalue weighted by atomic mass is 15.3. The fraction of sp³-hybridized carbons (Fsp3) is 0.643. The molecule has 0 spiro atoms. The zero-order chi connectivity index (χ0) is 13.0. The molecule has 4 heteroatoms. The van der Waals surface area contributed by atoms with E-state index < -0.39 is 0 Å². The zero-order valence-electron chi connectivity index (χ0n) is 11.1. The maximum atomic E-state index is 8.74. The quantitative estimate of drug-likeness (QED) is 0.817. The molecule has 0 bridgehead atoms. The van der Waals surface area contributed by atoms with Crippen LogP contribution in [-0.2, 0) is 0 Å². The molecule has 0 N–H and O–H groups in total. The molecule has 0 saturated carbocycles. The average molecular weight is 244 g/mol. The summed E-state index contributed by atoms with van der Waals surface area (Å²) in [5, 5.41) is 16.8. The molecule has 18 heavy (non-hydrogen) atoms. The smallest absolute Gasteiger partial charge is 0.163 e. The van der Waals surface area contributed by atoms with Crippen LogP contribution < -0.4 is 4.90 Å². The van der Waals surface area contributed by atoms with Gasteiger partial charge in [0.1, 0.15) is 6.07 Å². The van der Waals surface area contributed by atoms with E-state index >= 15 is 0 Å². The normalized spacial score (nSPS) is 20.7. The molecule has 2 heterocycles. The number of nitriles is 1. The number of hydrogen-bond donors (Lipinski definition) is 0. The van der Waals surface area contributed by atoms with E-state index in [0.717, 1.165) is 12.4 Å². The highest BCUT2D eigenvalue weighted by Gasteiger charge is 2.29. The van der Waals surface area contributed by atoms with Crippen molar-refractivity contribution >= 4 is 5.82 Å². The summed E-state index contributed by atoms with van der Waals surface area (Å²) in [4.78, 5) is 2.36. The Bertz CT molecular complexity index is 420. The fourth-order valence-electron chi connectivity index (χ4n) is 2.85. The lowest BCUT2D eigenvalue weighted by Crippen LogP contribution is -2.35. The van der Waals surface area contributed by atoms with E-state index in [1.807, 2.05) is 12.1 Å². The molecule has 2 atom stereocenters. The van der Waals surface area contributed by atoms with Gasteiger partial charge >= 0.3 is 0 Å². The fourth-order valence-corrected chi connectivity index (χ4v) is 2.85. The van der Waals surface area contributed by atoms with Gasteiger partial charge in [0.15, 0.2) is 11.5 Å². The number of anilines is 1. The van der Waals surface area contributed by atoms with Gasteiger partial charge in [-0.3, -0.25) is 0 Å². The van der Waals surface area contributed by atoms with E-state index in [-0.39, 0.29) is 0 Å². The molecule has 0 amide bonds. The molecule has 2 unspecified atom stereocenters. The van der Waals surface area contributed by atoms with Crippen molar-refractivity contribution in [3.63, 3.8) is 0 Å². The van der Waals surface area contributed by atoms with Crippen LogP contribution in [-0.4, -0.2) is 22.8 Å². The molecular formula is C14H20N4. The Morgan fingerprint density at radius 3 is 2.94 bits per heavy atom. The highest BCUT2D eigenvalue weighted by molar-refractivity contribution is 5.41. The van der Waals surface area contributed by atoms with Gasteiger partial charge in [0.2, 0.25) is 0 Å². The van der Waals surface area contributed by atoms with Crippen LogP contribution in [0.1, 0.15) is 45.2 Å². The third-order valence-corrected chi connectivity index (χ3v) is 3.76. The molecule has 0 aromatic carbocycles. The minimum absolute atomic E-state index is 0.385. The lowest BCUT2D eigenvalue weighted by Gasteiger charge is -2.30. The summed E-state index contributed by atoms with van der Waals surface area (Å²) in [6.07, 6.45) is 4.94. The Morgan fingerprint density at radius 2 is 2.33 bits per heavy atom. The first kappa shape index (κ1) is 12.8. The predicted octanol–water partition coefficient (Wildman–Crippen LogP) is 2.75. The summed E-state index contributed by atoms with van der Waals surface area (Å²) in [7, 11) is 0.